The van der Waals surface area contributed by atoms with E-state index in [9.17, 15) is 9.59 Å². The smallest absolute Gasteiger partial charge is 0.414 e. The van der Waals surface area contributed by atoms with E-state index in [-0.39, 0.29) is 18.4 Å². The third kappa shape index (κ3) is 2.73. The van der Waals surface area contributed by atoms with Crippen LogP contribution in [0.2, 0.25) is 0 Å². The minimum atomic E-state index is -1.30. The summed E-state index contributed by atoms with van der Waals surface area (Å²) in [7, 11) is 0. The lowest BCUT2D eigenvalue weighted by Gasteiger charge is -2.17. The van der Waals surface area contributed by atoms with Gasteiger partial charge in [-0.3, -0.25) is 4.79 Å². The largest absolute Gasteiger partial charge is 0.465 e. The molecule has 100 valence electrons. The summed E-state index contributed by atoms with van der Waals surface area (Å²) in [5.74, 6) is -0.911. The van der Waals surface area contributed by atoms with Gasteiger partial charge in [-0.25, -0.2) is 14.7 Å². The van der Waals surface area contributed by atoms with Crippen LogP contribution < -0.4 is 0 Å². The van der Waals surface area contributed by atoms with Crippen molar-refractivity contribution in [3.8, 4) is 0 Å². The predicted molar refractivity (Wildman–Crippen MR) is 67.9 cm³/mol. The number of oxazole rings is 1. The number of amides is 2. The normalized spacial score (nSPS) is 10.9. The predicted octanol–water partition coefficient (Wildman–Crippen LogP) is 2.60. The van der Waals surface area contributed by atoms with Gasteiger partial charge in [-0.1, -0.05) is 26.0 Å². The molecule has 1 N–H and O–H groups in total. The van der Waals surface area contributed by atoms with Gasteiger partial charge < -0.3 is 9.52 Å². The van der Waals surface area contributed by atoms with E-state index in [1.165, 1.54) is 0 Å². The Labute approximate surface area is 109 Å². The summed E-state index contributed by atoms with van der Waals surface area (Å²) < 4.78 is 5.28. The Balaban J connectivity index is 2.33. The van der Waals surface area contributed by atoms with Crippen LogP contribution in [0.15, 0.2) is 28.7 Å². The van der Waals surface area contributed by atoms with Crippen LogP contribution in [0.5, 0.6) is 0 Å². The summed E-state index contributed by atoms with van der Waals surface area (Å²) >= 11 is 0. The molecule has 0 bridgehead atoms. The second-order valence-electron chi connectivity index (χ2n) is 4.58. The van der Waals surface area contributed by atoms with Gasteiger partial charge in [0.05, 0.1) is 0 Å². The summed E-state index contributed by atoms with van der Waals surface area (Å²) in [6, 6.07) is 6.89. The number of carbonyl (C=O) groups is 2. The maximum Gasteiger partial charge on any atom is 0.414 e. The summed E-state index contributed by atoms with van der Waals surface area (Å²) in [6.07, 6.45) is -1.30. The summed E-state index contributed by atoms with van der Waals surface area (Å²) in [6.45, 7) is 3.76. The SMILES string of the molecule is CC(C)CN(C(=O)O)C(=O)c1nc2ccccc2o1. The Morgan fingerprint density at radius 3 is 2.63 bits per heavy atom. The Bertz CT molecular complexity index is 585. The molecule has 19 heavy (non-hydrogen) atoms. The highest BCUT2D eigenvalue weighted by Gasteiger charge is 2.27. The van der Waals surface area contributed by atoms with E-state index in [1.807, 2.05) is 13.8 Å². The van der Waals surface area contributed by atoms with E-state index < -0.39 is 12.0 Å². The molecule has 0 saturated heterocycles. The molecule has 6 heteroatoms. The molecule has 2 rings (SSSR count). The molecule has 1 aromatic heterocycles. The van der Waals surface area contributed by atoms with Gasteiger partial charge in [0.2, 0.25) is 0 Å². The van der Waals surface area contributed by atoms with Crippen molar-refractivity contribution in [3.63, 3.8) is 0 Å². The van der Waals surface area contributed by atoms with Crippen LogP contribution in [0.4, 0.5) is 4.79 Å². The third-order valence-electron chi connectivity index (χ3n) is 2.50. The highest BCUT2D eigenvalue weighted by atomic mass is 16.4. The van der Waals surface area contributed by atoms with Crippen molar-refractivity contribution in [2.24, 2.45) is 5.92 Å². The van der Waals surface area contributed by atoms with Gasteiger partial charge >= 0.3 is 12.0 Å². The molecule has 0 saturated carbocycles. The van der Waals surface area contributed by atoms with Crippen molar-refractivity contribution in [2.75, 3.05) is 6.54 Å². The van der Waals surface area contributed by atoms with Gasteiger partial charge in [-0.2, -0.15) is 0 Å². The maximum absolute atomic E-state index is 12.1. The number of hydrogen-bond acceptors (Lipinski definition) is 4. The first kappa shape index (κ1) is 13.1. The number of para-hydroxylation sites is 2. The Morgan fingerprint density at radius 1 is 1.37 bits per heavy atom. The molecule has 0 unspecified atom stereocenters. The Kier molecular flexibility index (Phi) is 3.50. The topological polar surface area (TPSA) is 83.6 Å². The molecule has 0 aliphatic heterocycles. The molecule has 0 radical (unpaired) electrons. The fourth-order valence-corrected chi connectivity index (χ4v) is 1.69. The van der Waals surface area contributed by atoms with E-state index >= 15 is 0 Å². The van der Waals surface area contributed by atoms with Gasteiger partial charge in [-0.15, -0.1) is 0 Å². The summed E-state index contributed by atoms with van der Waals surface area (Å²) in [5, 5.41) is 9.06. The van der Waals surface area contributed by atoms with Crippen LogP contribution in [0.3, 0.4) is 0 Å². The summed E-state index contributed by atoms with van der Waals surface area (Å²) in [4.78, 5) is 27.9. The maximum atomic E-state index is 12.1. The summed E-state index contributed by atoms with van der Waals surface area (Å²) in [5.41, 5.74) is 0.987. The first-order chi connectivity index (χ1) is 8.99. The number of hydrogen-bond donors (Lipinski definition) is 1. The van der Waals surface area contributed by atoms with Crippen molar-refractivity contribution >= 4 is 23.1 Å². The van der Waals surface area contributed by atoms with Crippen molar-refractivity contribution in [2.45, 2.75) is 13.8 Å². The van der Waals surface area contributed by atoms with Crippen molar-refractivity contribution in [1.82, 2.24) is 9.88 Å². The standard InChI is InChI=1S/C13H14N2O4/c1-8(2)7-15(13(17)18)12(16)11-14-9-5-3-4-6-10(9)19-11/h3-6,8H,7H2,1-2H3,(H,17,18). The van der Waals surface area contributed by atoms with Crippen LogP contribution in [0.25, 0.3) is 11.1 Å². The van der Waals surface area contributed by atoms with E-state index in [1.54, 1.807) is 24.3 Å². The quantitative estimate of drug-likeness (QED) is 0.919. The van der Waals surface area contributed by atoms with Crippen LogP contribution in [0.1, 0.15) is 24.5 Å². The van der Waals surface area contributed by atoms with Crippen LogP contribution in [-0.4, -0.2) is 33.5 Å². The lowest BCUT2D eigenvalue weighted by atomic mass is 10.2. The molecule has 0 aliphatic carbocycles. The van der Waals surface area contributed by atoms with Crippen LogP contribution in [0, 0.1) is 5.92 Å². The minimum absolute atomic E-state index is 0.0319. The van der Waals surface area contributed by atoms with E-state index in [0.29, 0.717) is 11.1 Å². The molecule has 2 amide bonds. The molecule has 1 heterocycles. The zero-order chi connectivity index (χ0) is 14.0. The van der Waals surface area contributed by atoms with E-state index in [4.69, 9.17) is 9.52 Å². The number of carbonyl (C=O) groups excluding carboxylic acids is 1. The average molecular weight is 262 g/mol. The highest BCUT2D eigenvalue weighted by Crippen LogP contribution is 2.16. The minimum Gasteiger partial charge on any atom is -0.465 e. The molecule has 1 aromatic carbocycles. The second kappa shape index (κ2) is 5.09. The number of rotatable bonds is 3. The number of nitrogens with zero attached hydrogens (tertiary/aromatic N) is 2. The number of imide groups is 1. The van der Waals surface area contributed by atoms with E-state index in [0.717, 1.165) is 4.90 Å². The number of fused-ring (bicyclic) bond motifs is 1. The monoisotopic (exact) mass is 262 g/mol. The highest BCUT2D eigenvalue weighted by molar-refractivity contribution is 6.00. The lowest BCUT2D eigenvalue weighted by Crippen LogP contribution is -2.38. The fourth-order valence-electron chi connectivity index (χ4n) is 1.69. The molecule has 0 spiro atoms. The van der Waals surface area contributed by atoms with Crippen molar-refractivity contribution in [1.29, 1.82) is 0 Å². The molecule has 2 aromatic rings. The van der Waals surface area contributed by atoms with Crippen molar-refractivity contribution in [3.05, 3.63) is 30.2 Å². The molecular formula is C13H14N2O4. The average Bonchev–Trinajstić information content (AvgIpc) is 2.78. The number of aromatic nitrogens is 1. The Hall–Kier alpha value is -2.37. The van der Waals surface area contributed by atoms with Gasteiger partial charge in [0.15, 0.2) is 5.58 Å². The number of benzene rings is 1. The van der Waals surface area contributed by atoms with Crippen LogP contribution >= 0.6 is 0 Å². The fraction of sp³-hybridized carbons (Fsp3) is 0.308. The lowest BCUT2D eigenvalue weighted by molar-refractivity contribution is 0.0687. The second-order valence-corrected chi connectivity index (χ2v) is 4.58. The third-order valence-corrected chi connectivity index (χ3v) is 2.50. The van der Waals surface area contributed by atoms with Crippen LogP contribution in [-0.2, 0) is 0 Å². The number of carboxylic acid groups (broad SMARTS) is 1. The molecular weight excluding hydrogens is 248 g/mol. The zero-order valence-electron chi connectivity index (χ0n) is 10.7. The molecule has 0 aliphatic rings. The molecule has 0 atom stereocenters. The molecule has 6 nitrogen and oxygen atoms in total. The van der Waals surface area contributed by atoms with E-state index in [2.05, 4.69) is 4.98 Å². The van der Waals surface area contributed by atoms with Gasteiger partial charge in [0.25, 0.3) is 5.89 Å². The Morgan fingerprint density at radius 2 is 2.05 bits per heavy atom. The molecule has 0 fully saturated rings. The zero-order valence-corrected chi connectivity index (χ0v) is 10.7. The first-order valence-corrected chi connectivity index (χ1v) is 5.89. The van der Waals surface area contributed by atoms with Gasteiger partial charge in [0, 0.05) is 6.54 Å². The van der Waals surface area contributed by atoms with Gasteiger partial charge in [0.1, 0.15) is 5.52 Å². The first-order valence-electron chi connectivity index (χ1n) is 5.89. The van der Waals surface area contributed by atoms with Crippen molar-refractivity contribution < 1.29 is 19.1 Å². The van der Waals surface area contributed by atoms with Gasteiger partial charge in [-0.05, 0) is 18.1 Å².